The lowest BCUT2D eigenvalue weighted by atomic mass is 9.85. The van der Waals surface area contributed by atoms with E-state index in [0.717, 1.165) is 5.92 Å². The third-order valence-corrected chi connectivity index (χ3v) is 7.54. The van der Waals surface area contributed by atoms with Crippen LogP contribution in [0.1, 0.15) is 156 Å². The predicted molar refractivity (Wildman–Crippen MR) is 131 cm³/mol. The van der Waals surface area contributed by atoms with Crippen LogP contribution in [0.5, 0.6) is 0 Å². The SMILES string of the molecule is CCCCCCCCCCCCCCC(C)C(C)(P)CCCCCCCC. The number of rotatable bonds is 21. The van der Waals surface area contributed by atoms with Gasteiger partial charge < -0.3 is 0 Å². The fourth-order valence-corrected chi connectivity index (χ4v) is 4.52. The van der Waals surface area contributed by atoms with Crippen molar-refractivity contribution in [3.05, 3.63) is 0 Å². The van der Waals surface area contributed by atoms with E-state index in [1.165, 1.54) is 128 Å². The van der Waals surface area contributed by atoms with Crippen molar-refractivity contribution in [2.45, 2.75) is 161 Å². The fraction of sp³-hybridized carbons (Fsp3) is 1.00. The van der Waals surface area contributed by atoms with Crippen molar-refractivity contribution in [3.8, 4) is 0 Å². The smallest absolute Gasteiger partial charge is 0.0153 e. The van der Waals surface area contributed by atoms with Gasteiger partial charge in [-0.05, 0) is 23.9 Å². The minimum Gasteiger partial charge on any atom is -0.131 e. The molecule has 0 aromatic rings. The van der Waals surface area contributed by atoms with Crippen molar-refractivity contribution in [1.29, 1.82) is 0 Å². The van der Waals surface area contributed by atoms with E-state index in [-0.39, 0.29) is 0 Å². The van der Waals surface area contributed by atoms with Crippen molar-refractivity contribution in [1.82, 2.24) is 0 Å². The summed E-state index contributed by atoms with van der Waals surface area (Å²) in [5, 5.41) is 0.461. The minimum atomic E-state index is 0.461. The molecular formula is C26H55P. The second-order valence-electron chi connectivity index (χ2n) is 9.60. The molecule has 27 heavy (non-hydrogen) atoms. The molecule has 0 radical (unpaired) electrons. The van der Waals surface area contributed by atoms with Crippen molar-refractivity contribution in [3.63, 3.8) is 0 Å². The largest absolute Gasteiger partial charge is 0.131 e. The highest BCUT2D eigenvalue weighted by Crippen LogP contribution is 2.36. The van der Waals surface area contributed by atoms with E-state index in [1.54, 1.807) is 0 Å². The Morgan fingerprint density at radius 1 is 0.556 bits per heavy atom. The highest BCUT2D eigenvalue weighted by Gasteiger charge is 2.24. The van der Waals surface area contributed by atoms with Gasteiger partial charge in [-0.2, -0.15) is 0 Å². The van der Waals surface area contributed by atoms with E-state index in [1.807, 2.05) is 0 Å². The van der Waals surface area contributed by atoms with E-state index in [0.29, 0.717) is 5.16 Å². The van der Waals surface area contributed by atoms with Crippen LogP contribution in [0, 0.1) is 5.92 Å². The van der Waals surface area contributed by atoms with E-state index in [2.05, 4.69) is 36.9 Å². The third-order valence-electron chi connectivity index (χ3n) is 6.69. The van der Waals surface area contributed by atoms with Crippen molar-refractivity contribution < 1.29 is 0 Å². The first-order valence-electron chi connectivity index (χ1n) is 12.8. The molecule has 0 aliphatic rings. The van der Waals surface area contributed by atoms with Crippen LogP contribution in [0.15, 0.2) is 0 Å². The minimum absolute atomic E-state index is 0.461. The van der Waals surface area contributed by atoms with Crippen molar-refractivity contribution in [2.75, 3.05) is 0 Å². The molecule has 0 saturated carbocycles. The topological polar surface area (TPSA) is 0 Å². The van der Waals surface area contributed by atoms with Crippen LogP contribution in [0.3, 0.4) is 0 Å². The molecule has 0 heterocycles. The summed E-state index contributed by atoms with van der Waals surface area (Å²) in [6, 6.07) is 0. The first kappa shape index (κ1) is 27.4. The fourth-order valence-electron chi connectivity index (χ4n) is 4.15. The van der Waals surface area contributed by atoms with Gasteiger partial charge in [-0.1, -0.05) is 143 Å². The summed E-state index contributed by atoms with van der Waals surface area (Å²) in [7, 11) is 3.21. The molecule has 164 valence electrons. The summed E-state index contributed by atoms with van der Waals surface area (Å²) in [5.41, 5.74) is 0. The maximum absolute atomic E-state index is 3.21. The first-order chi connectivity index (χ1) is 13.0. The van der Waals surface area contributed by atoms with Gasteiger partial charge in [-0.3, -0.25) is 0 Å². The Balaban J connectivity index is 3.46. The van der Waals surface area contributed by atoms with Crippen LogP contribution in [-0.2, 0) is 0 Å². The van der Waals surface area contributed by atoms with E-state index < -0.39 is 0 Å². The normalized spacial score (nSPS) is 15.0. The molecule has 0 bridgehead atoms. The number of hydrogen-bond donors (Lipinski definition) is 0. The molecular weight excluding hydrogens is 343 g/mol. The predicted octanol–water partition coefficient (Wildman–Crippen LogP) is 10.1. The maximum Gasteiger partial charge on any atom is -0.0153 e. The Labute approximate surface area is 176 Å². The van der Waals surface area contributed by atoms with Crippen LogP contribution in [0.2, 0.25) is 0 Å². The Bertz CT molecular complexity index is 284. The molecule has 0 fully saturated rings. The van der Waals surface area contributed by atoms with Gasteiger partial charge in [0, 0.05) is 0 Å². The molecule has 0 amide bonds. The highest BCUT2D eigenvalue weighted by molar-refractivity contribution is 7.18. The standard InChI is InChI=1S/C26H55P/c1-5-7-9-11-13-14-15-16-17-18-19-21-23-25(3)26(4,27)24-22-20-12-10-8-6-2/h25H,5-24,27H2,1-4H3. The van der Waals surface area contributed by atoms with Gasteiger partial charge in [0.25, 0.3) is 0 Å². The molecule has 0 nitrogen and oxygen atoms in total. The quantitative estimate of drug-likeness (QED) is 0.133. The van der Waals surface area contributed by atoms with E-state index in [9.17, 15) is 0 Å². The second kappa shape index (κ2) is 19.7. The Morgan fingerprint density at radius 2 is 0.889 bits per heavy atom. The highest BCUT2D eigenvalue weighted by atomic mass is 31.0. The van der Waals surface area contributed by atoms with Crippen molar-refractivity contribution in [2.24, 2.45) is 5.92 Å². The summed E-state index contributed by atoms with van der Waals surface area (Å²) >= 11 is 0. The zero-order chi connectivity index (χ0) is 20.2. The lowest BCUT2D eigenvalue weighted by Gasteiger charge is -2.32. The van der Waals surface area contributed by atoms with Gasteiger partial charge >= 0.3 is 0 Å². The van der Waals surface area contributed by atoms with Gasteiger partial charge in [0.15, 0.2) is 0 Å². The molecule has 0 rings (SSSR count). The average molecular weight is 399 g/mol. The summed E-state index contributed by atoms with van der Waals surface area (Å²) in [4.78, 5) is 0. The summed E-state index contributed by atoms with van der Waals surface area (Å²) in [5.74, 6) is 0.848. The number of unbranched alkanes of at least 4 members (excludes halogenated alkanes) is 16. The average Bonchev–Trinajstić information content (AvgIpc) is 2.65. The van der Waals surface area contributed by atoms with Crippen LogP contribution in [-0.4, -0.2) is 5.16 Å². The monoisotopic (exact) mass is 398 g/mol. The molecule has 0 aliphatic heterocycles. The van der Waals surface area contributed by atoms with Gasteiger partial charge in [-0.25, -0.2) is 0 Å². The molecule has 3 atom stereocenters. The van der Waals surface area contributed by atoms with Gasteiger partial charge in [0.1, 0.15) is 0 Å². The third kappa shape index (κ3) is 18.2. The van der Waals surface area contributed by atoms with Crippen LogP contribution in [0.4, 0.5) is 0 Å². The summed E-state index contributed by atoms with van der Waals surface area (Å²) < 4.78 is 0. The van der Waals surface area contributed by atoms with Crippen molar-refractivity contribution >= 4 is 9.24 Å². The molecule has 0 saturated heterocycles. The Kier molecular flexibility index (Phi) is 20.0. The zero-order valence-corrected chi connectivity index (χ0v) is 21.0. The van der Waals surface area contributed by atoms with E-state index >= 15 is 0 Å². The molecule has 0 spiro atoms. The summed E-state index contributed by atoms with van der Waals surface area (Å²) in [6.07, 6.45) is 28.8. The lowest BCUT2D eigenvalue weighted by molar-refractivity contribution is 0.357. The lowest BCUT2D eigenvalue weighted by Crippen LogP contribution is -2.25. The Morgan fingerprint density at radius 3 is 1.30 bits per heavy atom. The van der Waals surface area contributed by atoms with Gasteiger partial charge in [-0.15, -0.1) is 9.24 Å². The van der Waals surface area contributed by atoms with Crippen LogP contribution in [0.25, 0.3) is 0 Å². The zero-order valence-electron chi connectivity index (χ0n) is 19.8. The molecule has 1 heteroatoms. The van der Waals surface area contributed by atoms with Crippen LogP contribution < -0.4 is 0 Å². The van der Waals surface area contributed by atoms with Gasteiger partial charge in [0.05, 0.1) is 0 Å². The Hall–Kier alpha value is 0.430. The van der Waals surface area contributed by atoms with Crippen LogP contribution >= 0.6 is 9.24 Å². The molecule has 0 aromatic carbocycles. The summed E-state index contributed by atoms with van der Waals surface area (Å²) in [6.45, 7) is 9.57. The number of hydrogen-bond acceptors (Lipinski definition) is 0. The van der Waals surface area contributed by atoms with E-state index in [4.69, 9.17) is 0 Å². The van der Waals surface area contributed by atoms with Gasteiger partial charge in [0.2, 0.25) is 0 Å². The molecule has 0 N–H and O–H groups in total. The second-order valence-corrected chi connectivity index (χ2v) is 10.9. The molecule has 0 aromatic heterocycles. The molecule has 0 aliphatic carbocycles. The maximum atomic E-state index is 3.21. The first-order valence-corrected chi connectivity index (χ1v) is 13.4. The molecule has 3 unspecified atom stereocenters.